The van der Waals surface area contributed by atoms with Crippen molar-refractivity contribution in [3.05, 3.63) is 35.6 Å². The molecule has 0 aromatic heterocycles. The fourth-order valence-electron chi connectivity index (χ4n) is 1.96. The predicted octanol–water partition coefficient (Wildman–Crippen LogP) is 2.31. The molecule has 0 bridgehead atoms. The third-order valence-corrected chi connectivity index (χ3v) is 3.44. The lowest BCUT2D eigenvalue weighted by Crippen LogP contribution is -2.37. The number of ether oxygens (including phenoxy) is 1. The van der Waals surface area contributed by atoms with E-state index in [1.807, 2.05) is 6.07 Å². The van der Waals surface area contributed by atoms with E-state index in [9.17, 15) is 4.39 Å². The Morgan fingerprint density at radius 1 is 1.33 bits per heavy atom. The topological polar surface area (TPSA) is 45.7 Å². The second kappa shape index (κ2) is 8.62. The van der Waals surface area contributed by atoms with Crippen molar-refractivity contribution >= 4 is 5.96 Å². The lowest BCUT2D eigenvalue weighted by Gasteiger charge is -2.12. The summed E-state index contributed by atoms with van der Waals surface area (Å²) < 4.78 is 19.1. The van der Waals surface area contributed by atoms with Crippen molar-refractivity contribution in [2.24, 2.45) is 10.9 Å². The molecular weight excluding hydrogens is 269 g/mol. The summed E-state index contributed by atoms with van der Waals surface area (Å²) in [5.41, 5.74) is 0.633. The first kappa shape index (κ1) is 15.8. The van der Waals surface area contributed by atoms with Gasteiger partial charge in [0.15, 0.2) is 5.96 Å². The van der Waals surface area contributed by atoms with Crippen LogP contribution in [0, 0.1) is 11.7 Å². The highest BCUT2D eigenvalue weighted by atomic mass is 19.1. The number of aliphatic imine (C=N–C) groups is 1. The minimum atomic E-state index is -0.200. The first-order valence-electron chi connectivity index (χ1n) is 7.55. The van der Waals surface area contributed by atoms with Gasteiger partial charge in [0.1, 0.15) is 5.82 Å². The number of guanidine groups is 1. The van der Waals surface area contributed by atoms with Crippen LogP contribution in [0.5, 0.6) is 0 Å². The van der Waals surface area contributed by atoms with E-state index in [1.165, 1.54) is 18.9 Å². The molecule has 0 radical (unpaired) electrons. The van der Waals surface area contributed by atoms with Crippen LogP contribution in [0.2, 0.25) is 0 Å². The Morgan fingerprint density at radius 2 is 2.14 bits per heavy atom. The monoisotopic (exact) mass is 293 g/mol. The summed E-state index contributed by atoms with van der Waals surface area (Å²) in [7, 11) is 1.71. The second-order valence-corrected chi connectivity index (χ2v) is 5.32. The maximum absolute atomic E-state index is 13.5. The Balaban J connectivity index is 1.58. The van der Waals surface area contributed by atoms with Gasteiger partial charge in [-0.1, -0.05) is 18.2 Å². The number of nitrogens with one attached hydrogen (secondary N) is 2. The molecule has 0 atom stereocenters. The van der Waals surface area contributed by atoms with Crippen LogP contribution in [0.3, 0.4) is 0 Å². The van der Waals surface area contributed by atoms with Gasteiger partial charge in [0.2, 0.25) is 0 Å². The van der Waals surface area contributed by atoms with Crippen LogP contribution in [0.4, 0.5) is 4.39 Å². The highest BCUT2D eigenvalue weighted by Crippen LogP contribution is 2.28. The van der Waals surface area contributed by atoms with Gasteiger partial charge in [-0.3, -0.25) is 4.99 Å². The highest BCUT2D eigenvalue weighted by Gasteiger charge is 2.20. The van der Waals surface area contributed by atoms with Crippen molar-refractivity contribution in [2.45, 2.75) is 25.8 Å². The molecule has 5 heteroatoms. The molecule has 2 N–H and O–H groups in total. The van der Waals surface area contributed by atoms with E-state index >= 15 is 0 Å². The fraction of sp³-hybridized carbons (Fsp3) is 0.562. The van der Waals surface area contributed by atoms with Gasteiger partial charge in [-0.05, 0) is 31.2 Å². The summed E-state index contributed by atoms with van der Waals surface area (Å²) in [4.78, 5) is 4.12. The van der Waals surface area contributed by atoms with Crippen LogP contribution in [-0.2, 0) is 11.3 Å². The molecule has 1 fully saturated rings. The average molecular weight is 293 g/mol. The zero-order chi connectivity index (χ0) is 14.9. The third-order valence-electron chi connectivity index (χ3n) is 3.44. The molecule has 1 aromatic carbocycles. The van der Waals surface area contributed by atoms with E-state index in [0.717, 1.165) is 32.1 Å². The Hall–Kier alpha value is -1.62. The number of halogens is 1. The zero-order valence-electron chi connectivity index (χ0n) is 12.6. The predicted molar refractivity (Wildman–Crippen MR) is 82.8 cm³/mol. The smallest absolute Gasteiger partial charge is 0.191 e. The molecule has 21 heavy (non-hydrogen) atoms. The molecule has 1 aromatic rings. The summed E-state index contributed by atoms with van der Waals surface area (Å²) in [6.45, 7) is 2.89. The quantitative estimate of drug-likeness (QED) is 0.439. The minimum absolute atomic E-state index is 0.200. The molecule has 0 spiro atoms. The zero-order valence-corrected chi connectivity index (χ0v) is 12.6. The Bertz CT molecular complexity index is 461. The van der Waals surface area contributed by atoms with Gasteiger partial charge in [-0.2, -0.15) is 0 Å². The summed E-state index contributed by atoms with van der Waals surface area (Å²) >= 11 is 0. The Labute approximate surface area is 125 Å². The van der Waals surface area contributed by atoms with Crippen molar-refractivity contribution < 1.29 is 9.13 Å². The van der Waals surface area contributed by atoms with E-state index in [1.54, 1.807) is 19.2 Å². The van der Waals surface area contributed by atoms with Crippen molar-refractivity contribution in [1.29, 1.82) is 0 Å². The first-order chi connectivity index (χ1) is 10.3. The number of nitrogens with zero attached hydrogens (tertiary/aromatic N) is 1. The molecule has 0 heterocycles. The van der Waals surface area contributed by atoms with Crippen LogP contribution in [0.1, 0.15) is 24.8 Å². The van der Waals surface area contributed by atoms with Gasteiger partial charge in [-0.25, -0.2) is 4.39 Å². The molecule has 116 valence electrons. The Kier molecular flexibility index (Phi) is 6.47. The fourth-order valence-corrected chi connectivity index (χ4v) is 1.96. The maximum Gasteiger partial charge on any atom is 0.191 e. The normalized spacial score (nSPS) is 15.0. The largest absolute Gasteiger partial charge is 0.381 e. The lowest BCUT2D eigenvalue weighted by atomic mass is 10.2. The molecule has 0 amide bonds. The van der Waals surface area contributed by atoms with E-state index in [2.05, 4.69) is 15.6 Å². The number of rotatable bonds is 8. The van der Waals surface area contributed by atoms with Gasteiger partial charge in [0, 0.05) is 38.9 Å². The number of hydrogen-bond donors (Lipinski definition) is 2. The summed E-state index contributed by atoms with van der Waals surface area (Å²) in [5, 5.41) is 6.30. The molecule has 0 saturated heterocycles. The van der Waals surface area contributed by atoms with Crippen molar-refractivity contribution in [1.82, 2.24) is 10.6 Å². The SMILES string of the molecule is CN=C(NCCCOCC1CC1)NCc1ccccc1F. The van der Waals surface area contributed by atoms with Gasteiger partial charge >= 0.3 is 0 Å². The number of benzene rings is 1. The number of hydrogen-bond acceptors (Lipinski definition) is 2. The lowest BCUT2D eigenvalue weighted by molar-refractivity contribution is 0.123. The van der Waals surface area contributed by atoms with E-state index in [4.69, 9.17) is 4.74 Å². The summed E-state index contributed by atoms with van der Waals surface area (Å²) in [6, 6.07) is 6.74. The van der Waals surface area contributed by atoms with Crippen molar-refractivity contribution in [2.75, 3.05) is 26.8 Å². The molecule has 1 aliphatic carbocycles. The second-order valence-electron chi connectivity index (χ2n) is 5.32. The van der Waals surface area contributed by atoms with Gasteiger partial charge in [0.05, 0.1) is 0 Å². The molecule has 1 aliphatic rings. The van der Waals surface area contributed by atoms with Crippen LogP contribution in [0.15, 0.2) is 29.3 Å². The molecule has 4 nitrogen and oxygen atoms in total. The first-order valence-corrected chi connectivity index (χ1v) is 7.55. The van der Waals surface area contributed by atoms with Crippen molar-refractivity contribution in [3.63, 3.8) is 0 Å². The van der Waals surface area contributed by atoms with Gasteiger partial charge in [-0.15, -0.1) is 0 Å². The molecule has 0 unspecified atom stereocenters. The van der Waals surface area contributed by atoms with Crippen LogP contribution < -0.4 is 10.6 Å². The minimum Gasteiger partial charge on any atom is -0.381 e. The van der Waals surface area contributed by atoms with Crippen LogP contribution >= 0.6 is 0 Å². The van der Waals surface area contributed by atoms with E-state index in [-0.39, 0.29) is 5.82 Å². The summed E-state index contributed by atoms with van der Waals surface area (Å²) in [5.74, 6) is 1.29. The van der Waals surface area contributed by atoms with Gasteiger partial charge < -0.3 is 15.4 Å². The molecular formula is C16H24FN3O. The van der Waals surface area contributed by atoms with Crippen LogP contribution in [0.25, 0.3) is 0 Å². The third kappa shape index (κ3) is 6.12. The standard InChI is InChI=1S/C16H24FN3O/c1-18-16(19-9-4-10-21-12-13-7-8-13)20-11-14-5-2-3-6-15(14)17/h2-3,5-6,13H,4,7-12H2,1H3,(H2,18,19,20). The summed E-state index contributed by atoms with van der Waals surface area (Å²) in [6.07, 6.45) is 3.59. The molecule has 1 saturated carbocycles. The van der Waals surface area contributed by atoms with E-state index < -0.39 is 0 Å². The average Bonchev–Trinajstić information content (AvgIpc) is 3.31. The highest BCUT2D eigenvalue weighted by molar-refractivity contribution is 5.79. The maximum atomic E-state index is 13.5. The molecule has 0 aliphatic heterocycles. The van der Waals surface area contributed by atoms with Crippen LogP contribution in [-0.4, -0.2) is 32.8 Å². The van der Waals surface area contributed by atoms with Crippen molar-refractivity contribution in [3.8, 4) is 0 Å². The Morgan fingerprint density at radius 3 is 2.86 bits per heavy atom. The van der Waals surface area contributed by atoms with Gasteiger partial charge in [0.25, 0.3) is 0 Å². The van der Waals surface area contributed by atoms with E-state index in [0.29, 0.717) is 18.1 Å². The molecule has 2 rings (SSSR count).